The van der Waals surface area contributed by atoms with E-state index < -0.39 is 11.4 Å². The summed E-state index contributed by atoms with van der Waals surface area (Å²) >= 11 is 0. The fourth-order valence-electron chi connectivity index (χ4n) is 5.96. The molecule has 0 fully saturated rings. The van der Waals surface area contributed by atoms with Gasteiger partial charge < -0.3 is 16.6 Å². The molecule has 0 spiro atoms. The minimum Gasteiger partial charge on any atom is -0.478 e. The van der Waals surface area contributed by atoms with Crippen molar-refractivity contribution in [2.24, 2.45) is 0 Å². The van der Waals surface area contributed by atoms with E-state index in [1.54, 1.807) is 6.07 Å². The van der Waals surface area contributed by atoms with Gasteiger partial charge in [0, 0.05) is 11.4 Å². The predicted molar refractivity (Wildman–Crippen MR) is 148 cm³/mol. The van der Waals surface area contributed by atoms with Gasteiger partial charge in [-0.2, -0.15) is 0 Å². The van der Waals surface area contributed by atoms with E-state index in [4.69, 9.17) is 11.5 Å². The highest BCUT2D eigenvalue weighted by molar-refractivity contribution is 5.93. The van der Waals surface area contributed by atoms with Gasteiger partial charge in [-0.3, -0.25) is 0 Å². The van der Waals surface area contributed by atoms with E-state index in [-0.39, 0.29) is 5.56 Å². The largest absolute Gasteiger partial charge is 0.478 e. The fourth-order valence-corrected chi connectivity index (χ4v) is 5.96. The monoisotopic (exact) mass is 476 g/mol. The Bertz CT molecular complexity index is 1470. The second-order valence-electron chi connectivity index (χ2n) is 9.80. The number of carboxylic acid groups (broad SMARTS) is 1. The maximum atomic E-state index is 12.1. The van der Waals surface area contributed by atoms with Gasteiger partial charge in [0.1, 0.15) is 0 Å². The molecule has 4 heteroatoms. The van der Waals surface area contributed by atoms with Crippen molar-refractivity contribution in [1.29, 1.82) is 0 Å². The van der Waals surface area contributed by atoms with Crippen LogP contribution in [0.25, 0.3) is 11.1 Å². The summed E-state index contributed by atoms with van der Waals surface area (Å²) in [6, 6.07) is 22.7. The minimum absolute atomic E-state index is 0.275. The predicted octanol–water partition coefficient (Wildman–Crippen LogP) is 6.65. The second-order valence-corrected chi connectivity index (χ2v) is 9.80. The van der Waals surface area contributed by atoms with Crippen molar-refractivity contribution < 1.29 is 9.90 Å². The van der Waals surface area contributed by atoms with Crippen LogP contribution in [0.4, 0.5) is 11.4 Å². The van der Waals surface area contributed by atoms with Crippen LogP contribution in [0.15, 0.2) is 66.7 Å². The van der Waals surface area contributed by atoms with Crippen molar-refractivity contribution >= 4 is 17.3 Å². The topological polar surface area (TPSA) is 89.3 Å². The molecule has 182 valence electrons. The van der Waals surface area contributed by atoms with Crippen LogP contribution in [-0.2, 0) is 18.3 Å². The summed E-state index contributed by atoms with van der Waals surface area (Å²) in [5.41, 5.74) is 24.8. The van der Waals surface area contributed by atoms with Crippen molar-refractivity contribution in [3.63, 3.8) is 0 Å². The van der Waals surface area contributed by atoms with Gasteiger partial charge in [0.2, 0.25) is 0 Å². The number of fused-ring (bicyclic) bond motifs is 3. The third-order valence-electron chi connectivity index (χ3n) is 7.86. The summed E-state index contributed by atoms with van der Waals surface area (Å²) in [4.78, 5) is 12.1. The number of nitrogens with two attached hydrogens (primary N) is 2. The molecule has 0 amide bonds. The molecule has 0 unspecified atom stereocenters. The fraction of sp³-hybridized carbons (Fsp3) is 0.219. The molecule has 0 aliphatic heterocycles. The lowest BCUT2D eigenvalue weighted by molar-refractivity contribution is 0.0696. The molecule has 4 aromatic rings. The van der Waals surface area contributed by atoms with E-state index >= 15 is 0 Å². The Hall–Kier alpha value is -4.05. The number of aryl methyl sites for hydroxylation is 4. The smallest absolute Gasteiger partial charge is 0.335 e. The average Bonchev–Trinajstić information content (AvgIpc) is 3.17. The van der Waals surface area contributed by atoms with Crippen LogP contribution in [0.5, 0.6) is 0 Å². The maximum Gasteiger partial charge on any atom is 0.335 e. The molecule has 0 saturated heterocycles. The first kappa shape index (κ1) is 23.7. The molecule has 1 aliphatic rings. The van der Waals surface area contributed by atoms with Gasteiger partial charge in [0.15, 0.2) is 0 Å². The molecule has 5 N–H and O–H groups in total. The molecule has 0 atom stereocenters. The molecule has 1 aliphatic carbocycles. The quantitative estimate of drug-likeness (QED) is 0.248. The zero-order chi connectivity index (χ0) is 25.8. The van der Waals surface area contributed by atoms with Crippen molar-refractivity contribution in [1.82, 2.24) is 0 Å². The number of anilines is 2. The van der Waals surface area contributed by atoms with E-state index in [2.05, 4.69) is 56.3 Å². The Morgan fingerprint density at radius 1 is 0.750 bits per heavy atom. The van der Waals surface area contributed by atoms with E-state index in [9.17, 15) is 9.90 Å². The number of carbonyl (C=O) groups is 1. The number of hydrogen-bond acceptors (Lipinski definition) is 3. The highest BCUT2D eigenvalue weighted by atomic mass is 16.4. The lowest BCUT2D eigenvalue weighted by Gasteiger charge is -2.35. The van der Waals surface area contributed by atoms with Crippen LogP contribution >= 0.6 is 0 Å². The SMILES string of the molecule is CCc1cc(C2(c3cc(C)c(N)c(CC)c3)c3ccccc3-c3ccc(C(=O)O)cc32)cc(C)c1N. The number of hydrogen-bond donors (Lipinski definition) is 3. The van der Waals surface area contributed by atoms with Crippen molar-refractivity contribution in [2.45, 2.75) is 46.0 Å². The normalized spacial score (nSPS) is 13.3. The van der Waals surface area contributed by atoms with E-state index in [0.717, 1.165) is 79.9 Å². The summed E-state index contributed by atoms with van der Waals surface area (Å²) in [5, 5.41) is 9.94. The average molecular weight is 477 g/mol. The van der Waals surface area contributed by atoms with Gasteiger partial charge in [-0.15, -0.1) is 0 Å². The molecule has 0 aromatic heterocycles. The molecule has 5 rings (SSSR count). The highest BCUT2D eigenvalue weighted by Gasteiger charge is 2.47. The Balaban J connectivity index is 2.02. The number of aromatic carboxylic acids is 1. The van der Waals surface area contributed by atoms with Crippen LogP contribution < -0.4 is 11.5 Å². The van der Waals surface area contributed by atoms with Crippen molar-refractivity contribution in [3.05, 3.63) is 117 Å². The molecule has 4 aromatic carbocycles. The van der Waals surface area contributed by atoms with Crippen LogP contribution in [0, 0.1) is 13.8 Å². The zero-order valence-electron chi connectivity index (χ0n) is 21.3. The first-order valence-corrected chi connectivity index (χ1v) is 12.5. The Morgan fingerprint density at radius 2 is 1.28 bits per heavy atom. The lowest BCUT2D eigenvalue weighted by atomic mass is 9.66. The standard InChI is InChI=1S/C32H32N2O2/c1-5-20-15-23(13-18(3)29(20)33)32(24-14-19(4)30(34)21(6-2)16-24)27-10-8-7-9-25(27)26-12-11-22(31(35)36)17-28(26)32/h7-17H,5-6,33-34H2,1-4H3,(H,35,36). The zero-order valence-corrected chi connectivity index (χ0v) is 21.3. The molecule has 0 saturated carbocycles. The number of rotatable bonds is 5. The van der Waals surface area contributed by atoms with Crippen LogP contribution in [0.3, 0.4) is 0 Å². The molecule has 36 heavy (non-hydrogen) atoms. The number of nitrogen functional groups attached to an aromatic ring is 2. The second kappa shape index (κ2) is 8.56. The van der Waals surface area contributed by atoms with Gasteiger partial charge in [-0.1, -0.05) is 68.4 Å². The highest BCUT2D eigenvalue weighted by Crippen LogP contribution is 2.57. The first-order chi connectivity index (χ1) is 17.2. The summed E-state index contributed by atoms with van der Waals surface area (Å²) in [6.45, 7) is 8.33. The molecular formula is C32H32N2O2. The van der Waals surface area contributed by atoms with Crippen LogP contribution in [-0.4, -0.2) is 11.1 Å². The van der Waals surface area contributed by atoms with Gasteiger partial charge in [0.05, 0.1) is 11.0 Å². The number of benzene rings is 4. The van der Waals surface area contributed by atoms with Gasteiger partial charge in [0.25, 0.3) is 0 Å². The Kier molecular flexibility index (Phi) is 5.63. The van der Waals surface area contributed by atoms with Crippen molar-refractivity contribution in [3.8, 4) is 11.1 Å². The molecule has 0 heterocycles. The first-order valence-electron chi connectivity index (χ1n) is 12.5. The molecule has 0 bridgehead atoms. The molecule has 0 radical (unpaired) electrons. The third-order valence-corrected chi connectivity index (χ3v) is 7.86. The summed E-state index contributed by atoms with van der Waals surface area (Å²) in [6.07, 6.45) is 1.61. The summed E-state index contributed by atoms with van der Waals surface area (Å²) in [5.74, 6) is -0.937. The Labute approximate surface area is 212 Å². The van der Waals surface area contributed by atoms with E-state index in [1.807, 2.05) is 32.0 Å². The van der Waals surface area contributed by atoms with E-state index in [0.29, 0.717) is 0 Å². The molecule has 4 nitrogen and oxygen atoms in total. The Morgan fingerprint density at radius 3 is 1.81 bits per heavy atom. The molecular weight excluding hydrogens is 444 g/mol. The van der Waals surface area contributed by atoms with Crippen LogP contribution in [0.1, 0.15) is 68.7 Å². The minimum atomic E-state index is -0.937. The third kappa shape index (κ3) is 3.25. The van der Waals surface area contributed by atoms with Gasteiger partial charge in [-0.25, -0.2) is 4.79 Å². The van der Waals surface area contributed by atoms with Gasteiger partial charge >= 0.3 is 5.97 Å². The van der Waals surface area contributed by atoms with E-state index in [1.165, 1.54) is 0 Å². The van der Waals surface area contributed by atoms with Crippen LogP contribution in [0.2, 0.25) is 0 Å². The lowest BCUT2D eigenvalue weighted by Crippen LogP contribution is -2.30. The van der Waals surface area contributed by atoms with Gasteiger partial charge in [-0.05, 0) is 94.5 Å². The summed E-state index contributed by atoms with van der Waals surface area (Å²) < 4.78 is 0. The maximum absolute atomic E-state index is 12.1. The van der Waals surface area contributed by atoms with Crippen molar-refractivity contribution in [2.75, 3.05) is 11.5 Å². The number of carboxylic acids is 1. The summed E-state index contributed by atoms with van der Waals surface area (Å²) in [7, 11) is 0.